The van der Waals surface area contributed by atoms with Crippen molar-refractivity contribution in [3.05, 3.63) is 0 Å². The summed E-state index contributed by atoms with van der Waals surface area (Å²) < 4.78 is 47.6. The van der Waals surface area contributed by atoms with Crippen LogP contribution in [0.1, 0.15) is 64.7 Å². The van der Waals surface area contributed by atoms with E-state index in [2.05, 4.69) is 4.90 Å². The van der Waals surface area contributed by atoms with Crippen LogP contribution in [0.3, 0.4) is 0 Å². The third-order valence-electron chi connectivity index (χ3n) is 7.06. The molecule has 1 heterocycles. The summed E-state index contributed by atoms with van der Waals surface area (Å²) in [6.45, 7) is 4.28. The number of rotatable bonds is 3. The van der Waals surface area contributed by atoms with Crippen molar-refractivity contribution in [1.82, 2.24) is 4.90 Å². The van der Waals surface area contributed by atoms with Crippen molar-refractivity contribution in [2.24, 2.45) is 23.7 Å². The van der Waals surface area contributed by atoms with E-state index in [4.69, 9.17) is 4.74 Å². The standard InChI is InChI=1S/C20H34F3NO2/c1-2-24-12-13-26-19(25,14-24)16-10-7-11-17(20(21,22)23)18(16)15-8-5-3-4-6-9-15/h15-18,25H,2-14H2,1H3/t16?,17?,18?,19-/m0/s1. The van der Waals surface area contributed by atoms with E-state index in [9.17, 15) is 18.3 Å². The summed E-state index contributed by atoms with van der Waals surface area (Å²) in [7, 11) is 0. The number of halogens is 3. The van der Waals surface area contributed by atoms with Crippen LogP contribution < -0.4 is 0 Å². The van der Waals surface area contributed by atoms with Crippen molar-refractivity contribution >= 4 is 0 Å². The molecular formula is C20H34F3NO2. The molecule has 0 bridgehead atoms. The largest absolute Gasteiger partial charge is 0.392 e. The molecular weight excluding hydrogens is 343 g/mol. The maximum atomic E-state index is 13.9. The number of hydrogen-bond acceptors (Lipinski definition) is 3. The predicted molar refractivity (Wildman–Crippen MR) is 94.6 cm³/mol. The Balaban J connectivity index is 1.89. The van der Waals surface area contributed by atoms with Crippen LogP contribution in [-0.2, 0) is 4.74 Å². The molecule has 0 spiro atoms. The van der Waals surface area contributed by atoms with Crippen LogP contribution in [0.5, 0.6) is 0 Å². The molecule has 3 aliphatic rings. The highest BCUT2D eigenvalue weighted by Crippen LogP contribution is 2.53. The number of nitrogens with zero attached hydrogens (tertiary/aromatic N) is 1. The van der Waals surface area contributed by atoms with Crippen molar-refractivity contribution in [3.8, 4) is 0 Å². The van der Waals surface area contributed by atoms with E-state index in [-0.39, 0.29) is 12.3 Å². The second-order valence-electron chi connectivity index (χ2n) is 8.58. The van der Waals surface area contributed by atoms with Gasteiger partial charge in [-0.05, 0) is 31.2 Å². The van der Waals surface area contributed by atoms with Crippen LogP contribution in [0.25, 0.3) is 0 Å². The monoisotopic (exact) mass is 377 g/mol. The minimum atomic E-state index is -4.19. The lowest BCUT2D eigenvalue weighted by Gasteiger charge is -2.51. The molecule has 1 saturated heterocycles. The molecule has 2 saturated carbocycles. The van der Waals surface area contributed by atoms with Crippen molar-refractivity contribution in [2.45, 2.75) is 76.7 Å². The Morgan fingerprint density at radius 1 is 1.04 bits per heavy atom. The third kappa shape index (κ3) is 4.39. The molecule has 1 N–H and O–H groups in total. The van der Waals surface area contributed by atoms with Gasteiger partial charge < -0.3 is 9.84 Å². The molecule has 3 fully saturated rings. The van der Waals surface area contributed by atoms with Crippen LogP contribution in [0.15, 0.2) is 0 Å². The summed E-state index contributed by atoms with van der Waals surface area (Å²) in [4.78, 5) is 2.10. The van der Waals surface area contributed by atoms with E-state index in [0.717, 1.165) is 51.6 Å². The normalized spacial score (nSPS) is 38.9. The Labute approximate surface area is 155 Å². The first-order valence-corrected chi connectivity index (χ1v) is 10.5. The fourth-order valence-corrected chi connectivity index (χ4v) is 5.77. The minimum absolute atomic E-state index is 0.0547. The van der Waals surface area contributed by atoms with Gasteiger partial charge in [-0.1, -0.05) is 51.9 Å². The first kappa shape index (κ1) is 20.4. The van der Waals surface area contributed by atoms with Gasteiger partial charge in [0.1, 0.15) is 0 Å². The van der Waals surface area contributed by atoms with Gasteiger partial charge in [0.15, 0.2) is 5.79 Å². The van der Waals surface area contributed by atoms with Crippen LogP contribution in [-0.4, -0.2) is 48.2 Å². The third-order valence-corrected chi connectivity index (χ3v) is 7.06. The van der Waals surface area contributed by atoms with Crippen molar-refractivity contribution in [3.63, 3.8) is 0 Å². The van der Waals surface area contributed by atoms with Crippen molar-refractivity contribution in [2.75, 3.05) is 26.2 Å². The molecule has 3 nitrogen and oxygen atoms in total. The van der Waals surface area contributed by atoms with Crippen molar-refractivity contribution in [1.29, 1.82) is 0 Å². The van der Waals surface area contributed by atoms with Gasteiger partial charge in [-0.25, -0.2) is 0 Å². The Morgan fingerprint density at radius 3 is 2.35 bits per heavy atom. The van der Waals surface area contributed by atoms with Crippen LogP contribution in [0.4, 0.5) is 13.2 Å². The van der Waals surface area contributed by atoms with Gasteiger partial charge in [0, 0.05) is 12.5 Å². The van der Waals surface area contributed by atoms with E-state index in [1.165, 1.54) is 0 Å². The first-order valence-electron chi connectivity index (χ1n) is 10.5. The summed E-state index contributed by atoms with van der Waals surface area (Å²) in [6, 6.07) is 0. The molecule has 26 heavy (non-hydrogen) atoms. The average molecular weight is 377 g/mol. The van der Waals surface area contributed by atoms with Crippen LogP contribution in [0.2, 0.25) is 0 Å². The zero-order valence-electron chi connectivity index (χ0n) is 15.9. The van der Waals surface area contributed by atoms with Gasteiger partial charge in [-0.2, -0.15) is 13.2 Å². The zero-order chi connectivity index (χ0) is 18.8. The molecule has 3 unspecified atom stereocenters. The Hall–Kier alpha value is -0.330. The van der Waals surface area contributed by atoms with Gasteiger partial charge in [-0.3, -0.25) is 4.90 Å². The number of β-amino-alcohol motifs (C(OH)–C–C–N with tert-alkyl or cyclic N) is 1. The van der Waals surface area contributed by atoms with E-state index in [1.807, 2.05) is 6.92 Å². The summed E-state index contributed by atoms with van der Waals surface area (Å²) in [5, 5.41) is 11.3. The quantitative estimate of drug-likeness (QED) is 0.730. The highest BCUT2D eigenvalue weighted by atomic mass is 19.4. The highest BCUT2D eigenvalue weighted by molar-refractivity contribution is 4.97. The molecule has 0 aromatic rings. The van der Waals surface area contributed by atoms with E-state index < -0.39 is 29.7 Å². The number of alkyl halides is 3. The molecule has 1 aliphatic heterocycles. The van der Waals surface area contributed by atoms with E-state index in [1.54, 1.807) is 0 Å². The summed E-state index contributed by atoms with van der Waals surface area (Å²) >= 11 is 0. The second kappa shape index (κ2) is 8.36. The molecule has 4 atom stereocenters. The van der Waals surface area contributed by atoms with E-state index >= 15 is 0 Å². The van der Waals surface area contributed by atoms with Gasteiger partial charge >= 0.3 is 6.18 Å². The zero-order valence-corrected chi connectivity index (χ0v) is 15.9. The Morgan fingerprint density at radius 2 is 1.73 bits per heavy atom. The van der Waals surface area contributed by atoms with E-state index in [0.29, 0.717) is 26.0 Å². The Bertz CT molecular complexity index is 451. The number of aliphatic hydroxyl groups is 1. The molecule has 3 rings (SSSR count). The smallest absolute Gasteiger partial charge is 0.364 e. The number of ether oxygens (including phenoxy) is 1. The lowest BCUT2D eigenvalue weighted by Crippen LogP contribution is -2.60. The average Bonchev–Trinajstić information content (AvgIpc) is 2.89. The predicted octanol–water partition coefficient (Wildman–Crippen LogP) is 4.59. The van der Waals surface area contributed by atoms with Gasteiger partial charge in [0.05, 0.1) is 19.1 Å². The molecule has 0 radical (unpaired) electrons. The molecule has 2 aliphatic carbocycles. The number of morpholine rings is 1. The topological polar surface area (TPSA) is 32.7 Å². The van der Waals surface area contributed by atoms with Crippen LogP contribution in [0, 0.1) is 23.7 Å². The maximum absolute atomic E-state index is 13.9. The molecule has 0 aromatic heterocycles. The van der Waals surface area contributed by atoms with Crippen molar-refractivity contribution < 1.29 is 23.0 Å². The fraction of sp³-hybridized carbons (Fsp3) is 1.00. The second-order valence-corrected chi connectivity index (χ2v) is 8.58. The summed E-state index contributed by atoms with van der Waals surface area (Å²) in [6.07, 6.45) is 3.17. The van der Waals surface area contributed by atoms with Gasteiger partial charge in [0.25, 0.3) is 0 Å². The lowest BCUT2D eigenvalue weighted by atomic mass is 9.61. The number of likely N-dealkylation sites (N-methyl/N-ethyl adjacent to an activating group) is 1. The highest BCUT2D eigenvalue weighted by Gasteiger charge is 2.57. The molecule has 152 valence electrons. The van der Waals surface area contributed by atoms with Gasteiger partial charge in [0.2, 0.25) is 0 Å². The number of hydrogen-bond donors (Lipinski definition) is 1. The molecule has 0 amide bonds. The lowest BCUT2D eigenvalue weighted by molar-refractivity contribution is -0.302. The minimum Gasteiger partial charge on any atom is -0.364 e. The SMILES string of the molecule is CCN1CCO[C@](O)(C2CCCC(C(F)(F)F)C2C2CCCCCC2)C1. The maximum Gasteiger partial charge on any atom is 0.392 e. The summed E-state index contributed by atoms with van der Waals surface area (Å²) in [5.74, 6) is -3.60. The molecule has 6 heteroatoms. The first-order chi connectivity index (χ1) is 12.3. The van der Waals surface area contributed by atoms with Crippen LogP contribution >= 0.6 is 0 Å². The Kier molecular flexibility index (Phi) is 6.56. The van der Waals surface area contributed by atoms with Gasteiger partial charge in [-0.15, -0.1) is 0 Å². The fourth-order valence-electron chi connectivity index (χ4n) is 5.77. The molecule has 0 aromatic carbocycles. The summed E-state index contributed by atoms with van der Waals surface area (Å²) in [5.41, 5.74) is 0.